The lowest BCUT2D eigenvalue weighted by molar-refractivity contribution is -0.119. The number of hydrogen-bond acceptors (Lipinski definition) is 4. The molecule has 0 atom stereocenters. The largest absolute Gasteiger partial charge is 0.493 e. The predicted octanol–water partition coefficient (Wildman–Crippen LogP) is 3.04. The molecule has 5 nitrogen and oxygen atoms in total. The number of anilines is 1. The molecule has 0 spiro atoms. The molecular weight excluding hydrogens is 280 g/mol. The molecule has 22 heavy (non-hydrogen) atoms. The van der Waals surface area contributed by atoms with E-state index in [1.54, 1.807) is 12.3 Å². The van der Waals surface area contributed by atoms with E-state index in [1.165, 1.54) is 0 Å². The quantitative estimate of drug-likeness (QED) is 0.786. The molecule has 0 unspecified atom stereocenters. The standard InChI is InChI=1S/C17H22N2O3/c1-13(2)12-22-15-6-3-5-14(9-15)18-11-17(20)19-10-16-7-4-8-21-16/h3-9,13,18H,10-12H2,1-2H3,(H,19,20). The third-order valence-corrected chi connectivity index (χ3v) is 2.91. The van der Waals surface area contributed by atoms with Crippen LogP contribution in [-0.2, 0) is 11.3 Å². The lowest BCUT2D eigenvalue weighted by atomic mass is 10.2. The molecule has 2 rings (SSSR count). The molecule has 5 heteroatoms. The third kappa shape index (κ3) is 5.52. The van der Waals surface area contributed by atoms with Crippen molar-refractivity contribution in [1.29, 1.82) is 0 Å². The van der Waals surface area contributed by atoms with E-state index in [0.717, 1.165) is 17.2 Å². The van der Waals surface area contributed by atoms with Crippen molar-refractivity contribution in [1.82, 2.24) is 5.32 Å². The Hall–Kier alpha value is -2.43. The third-order valence-electron chi connectivity index (χ3n) is 2.91. The average Bonchev–Trinajstić information content (AvgIpc) is 3.03. The zero-order valence-electron chi connectivity index (χ0n) is 13.0. The molecule has 2 aromatic rings. The van der Waals surface area contributed by atoms with Crippen molar-refractivity contribution in [3.63, 3.8) is 0 Å². The molecule has 0 aliphatic heterocycles. The van der Waals surface area contributed by atoms with Gasteiger partial charge in [-0.2, -0.15) is 0 Å². The first-order valence-electron chi connectivity index (χ1n) is 7.39. The van der Waals surface area contributed by atoms with Gasteiger partial charge in [0.05, 0.1) is 26.0 Å². The highest BCUT2D eigenvalue weighted by molar-refractivity contribution is 5.80. The summed E-state index contributed by atoms with van der Waals surface area (Å²) in [6.07, 6.45) is 1.59. The molecule has 0 fully saturated rings. The first-order chi connectivity index (χ1) is 10.6. The van der Waals surface area contributed by atoms with E-state index in [-0.39, 0.29) is 12.5 Å². The fourth-order valence-electron chi connectivity index (χ4n) is 1.80. The highest BCUT2D eigenvalue weighted by Gasteiger charge is 2.04. The summed E-state index contributed by atoms with van der Waals surface area (Å²) in [6, 6.07) is 11.2. The minimum atomic E-state index is -0.0927. The van der Waals surface area contributed by atoms with Gasteiger partial charge in [0, 0.05) is 11.8 Å². The zero-order chi connectivity index (χ0) is 15.8. The molecule has 1 amide bonds. The molecule has 1 heterocycles. The molecule has 0 saturated carbocycles. The van der Waals surface area contributed by atoms with E-state index in [0.29, 0.717) is 19.1 Å². The maximum Gasteiger partial charge on any atom is 0.239 e. The van der Waals surface area contributed by atoms with Gasteiger partial charge >= 0.3 is 0 Å². The summed E-state index contributed by atoms with van der Waals surface area (Å²) in [5.74, 6) is 1.92. The second kappa shape index (κ2) is 8.12. The van der Waals surface area contributed by atoms with Crippen molar-refractivity contribution < 1.29 is 13.9 Å². The Morgan fingerprint density at radius 3 is 2.86 bits per heavy atom. The van der Waals surface area contributed by atoms with Crippen molar-refractivity contribution in [3.8, 4) is 5.75 Å². The number of furan rings is 1. The van der Waals surface area contributed by atoms with Crippen LogP contribution in [0.4, 0.5) is 5.69 Å². The number of amides is 1. The first kappa shape index (κ1) is 15.9. The molecule has 2 N–H and O–H groups in total. The van der Waals surface area contributed by atoms with Crippen LogP contribution in [0.3, 0.4) is 0 Å². The number of carbonyl (C=O) groups excluding carboxylic acids is 1. The van der Waals surface area contributed by atoms with Crippen LogP contribution in [0.1, 0.15) is 19.6 Å². The minimum Gasteiger partial charge on any atom is -0.493 e. The number of carbonyl (C=O) groups is 1. The summed E-state index contributed by atoms with van der Waals surface area (Å²) >= 11 is 0. The van der Waals surface area contributed by atoms with E-state index in [4.69, 9.17) is 9.15 Å². The van der Waals surface area contributed by atoms with Crippen molar-refractivity contribution in [2.45, 2.75) is 20.4 Å². The highest BCUT2D eigenvalue weighted by Crippen LogP contribution is 2.17. The minimum absolute atomic E-state index is 0.0927. The van der Waals surface area contributed by atoms with Crippen LogP contribution in [0, 0.1) is 5.92 Å². The van der Waals surface area contributed by atoms with Crippen LogP contribution >= 0.6 is 0 Å². The van der Waals surface area contributed by atoms with Gasteiger partial charge in [-0.05, 0) is 30.2 Å². The monoisotopic (exact) mass is 302 g/mol. The van der Waals surface area contributed by atoms with Crippen LogP contribution in [0.15, 0.2) is 47.1 Å². The Kier molecular flexibility index (Phi) is 5.89. The van der Waals surface area contributed by atoms with Gasteiger partial charge in [0.2, 0.25) is 5.91 Å². The Balaban J connectivity index is 1.75. The SMILES string of the molecule is CC(C)COc1cccc(NCC(=O)NCc2ccco2)c1. The summed E-state index contributed by atoms with van der Waals surface area (Å²) in [6.45, 7) is 5.48. The van der Waals surface area contributed by atoms with Crippen LogP contribution in [0.5, 0.6) is 5.75 Å². The van der Waals surface area contributed by atoms with Crippen LogP contribution < -0.4 is 15.4 Å². The number of hydrogen-bond donors (Lipinski definition) is 2. The summed E-state index contributed by atoms with van der Waals surface area (Å²) in [5, 5.41) is 5.86. The highest BCUT2D eigenvalue weighted by atomic mass is 16.5. The van der Waals surface area contributed by atoms with E-state index < -0.39 is 0 Å². The molecule has 0 saturated heterocycles. The van der Waals surface area contributed by atoms with Crippen LogP contribution in [0.25, 0.3) is 0 Å². The van der Waals surface area contributed by atoms with Gasteiger partial charge in [0.1, 0.15) is 11.5 Å². The van der Waals surface area contributed by atoms with Crippen molar-refractivity contribution in [3.05, 3.63) is 48.4 Å². The molecular formula is C17H22N2O3. The van der Waals surface area contributed by atoms with Gasteiger partial charge in [-0.15, -0.1) is 0 Å². The van der Waals surface area contributed by atoms with E-state index in [2.05, 4.69) is 24.5 Å². The average molecular weight is 302 g/mol. The summed E-state index contributed by atoms with van der Waals surface area (Å²) in [7, 11) is 0. The number of nitrogens with one attached hydrogen (secondary N) is 2. The van der Waals surface area contributed by atoms with Gasteiger partial charge in [-0.3, -0.25) is 4.79 Å². The fourth-order valence-corrected chi connectivity index (χ4v) is 1.80. The molecule has 0 radical (unpaired) electrons. The number of rotatable bonds is 8. The Bertz CT molecular complexity index is 579. The lowest BCUT2D eigenvalue weighted by Crippen LogP contribution is -2.29. The zero-order valence-corrected chi connectivity index (χ0v) is 13.0. The van der Waals surface area contributed by atoms with Gasteiger partial charge < -0.3 is 19.8 Å². The van der Waals surface area contributed by atoms with Gasteiger partial charge in [0.25, 0.3) is 0 Å². The second-order valence-electron chi connectivity index (χ2n) is 5.44. The number of ether oxygens (including phenoxy) is 1. The summed E-state index contributed by atoms with van der Waals surface area (Å²) in [5.41, 5.74) is 0.856. The molecule has 1 aromatic carbocycles. The van der Waals surface area contributed by atoms with Crippen LogP contribution in [-0.4, -0.2) is 19.1 Å². The maximum atomic E-state index is 11.8. The first-order valence-corrected chi connectivity index (χ1v) is 7.39. The van der Waals surface area contributed by atoms with Gasteiger partial charge in [-0.25, -0.2) is 0 Å². The predicted molar refractivity (Wildman–Crippen MR) is 85.8 cm³/mol. The number of benzene rings is 1. The fraction of sp³-hybridized carbons (Fsp3) is 0.353. The smallest absolute Gasteiger partial charge is 0.239 e. The van der Waals surface area contributed by atoms with E-state index >= 15 is 0 Å². The summed E-state index contributed by atoms with van der Waals surface area (Å²) < 4.78 is 10.8. The van der Waals surface area contributed by atoms with E-state index in [9.17, 15) is 4.79 Å². The Morgan fingerprint density at radius 1 is 1.27 bits per heavy atom. The van der Waals surface area contributed by atoms with Gasteiger partial charge in [0.15, 0.2) is 0 Å². The molecule has 1 aromatic heterocycles. The molecule has 118 valence electrons. The maximum absolute atomic E-state index is 11.8. The normalized spacial score (nSPS) is 10.5. The lowest BCUT2D eigenvalue weighted by Gasteiger charge is -2.11. The van der Waals surface area contributed by atoms with Crippen molar-refractivity contribution in [2.24, 2.45) is 5.92 Å². The van der Waals surface area contributed by atoms with Crippen LogP contribution in [0.2, 0.25) is 0 Å². The molecule has 0 bridgehead atoms. The molecule has 0 aliphatic carbocycles. The van der Waals surface area contributed by atoms with Gasteiger partial charge in [-0.1, -0.05) is 19.9 Å². The Labute approximate surface area is 130 Å². The van der Waals surface area contributed by atoms with E-state index in [1.807, 2.05) is 30.3 Å². The Morgan fingerprint density at radius 2 is 2.14 bits per heavy atom. The van der Waals surface area contributed by atoms with Crippen molar-refractivity contribution >= 4 is 11.6 Å². The second-order valence-corrected chi connectivity index (χ2v) is 5.44. The van der Waals surface area contributed by atoms with Crippen molar-refractivity contribution in [2.75, 3.05) is 18.5 Å². The summed E-state index contributed by atoms with van der Waals surface area (Å²) in [4.78, 5) is 11.8. The molecule has 0 aliphatic rings. The topological polar surface area (TPSA) is 63.5 Å².